The lowest BCUT2D eigenvalue weighted by atomic mass is 10.1. The third-order valence-electron chi connectivity index (χ3n) is 4.17. The highest BCUT2D eigenvalue weighted by Gasteiger charge is 2.16. The molecule has 2 aromatic heterocycles. The topological polar surface area (TPSA) is 64.8 Å². The average molecular weight is 380 g/mol. The predicted molar refractivity (Wildman–Crippen MR) is 105 cm³/mol. The summed E-state index contributed by atoms with van der Waals surface area (Å²) in [4.78, 5) is 18.4. The van der Waals surface area contributed by atoms with E-state index in [0.29, 0.717) is 36.8 Å². The van der Waals surface area contributed by atoms with E-state index in [1.807, 2.05) is 38.1 Å². The number of pyridine rings is 1. The van der Waals surface area contributed by atoms with Gasteiger partial charge in [-0.2, -0.15) is 0 Å². The normalized spacial score (nSPS) is 10.5. The molecular weight excluding hydrogens is 356 g/mol. The summed E-state index contributed by atoms with van der Waals surface area (Å²) in [7, 11) is 1.74. The molecule has 146 valence electrons. The highest BCUT2D eigenvalue weighted by molar-refractivity contribution is 5.94. The summed E-state index contributed by atoms with van der Waals surface area (Å²) in [6.07, 6.45) is 3.44. The minimum Gasteiger partial charge on any atom is -0.490 e. The first-order chi connectivity index (χ1) is 13.6. The molecule has 2 heterocycles. The van der Waals surface area contributed by atoms with E-state index < -0.39 is 0 Å². The summed E-state index contributed by atoms with van der Waals surface area (Å²) in [5, 5.41) is 0. The molecule has 0 spiro atoms. The van der Waals surface area contributed by atoms with Crippen LogP contribution in [0.2, 0.25) is 0 Å². The fourth-order valence-corrected chi connectivity index (χ4v) is 2.76. The minimum atomic E-state index is -0.115. The molecule has 0 bridgehead atoms. The van der Waals surface area contributed by atoms with Crippen LogP contribution in [0.3, 0.4) is 0 Å². The van der Waals surface area contributed by atoms with Crippen molar-refractivity contribution in [3.05, 3.63) is 77.5 Å². The fourth-order valence-electron chi connectivity index (χ4n) is 2.76. The molecule has 0 saturated carbocycles. The number of aromatic nitrogens is 1. The molecule has 0 atom stereocenters. The standard InChI is InChI=1S/C22H24N2O4/c1-4-26-21-13-18(22(25)24(3)14-19-7-5-16(2)28-19)6-8-20(21)27-15-17-9-11-23-12-10-17/h5-13H,4,14-15H2,1-3H3. The molecule has 0 radical (unpaired) electrons. The van der Waals surface area contributed by atoms with Gasteiger partial charge in [0, 0.05) is 25.0 Å². The molecule has 1 aromatic carbocycles. The maximum absolute atomic E-state index is 12.8. The highest BCUT2D eigenvalue weighted by Crippen LogP contribution is 2.30. The smallest absolute Gasteiger partial charge is 0.254 e. The first kappa shape index (κ1) is 19.5. The van der Waals surface area contributed by atoms with Crippen LogP contribution in [0.1, 0.15) is 34.4 Å². The van der Waals surface area contributed by atoms with Gasteiger partial charge in [-0.3, -0.25) is 9.78 Å². The van der Waals surface area contributed by atoms with Gasteiger partial charge in [-0.05, 0) is 61.9 Å². The van der Waals surface area contributed by atoms with Crippen LogP contribution in [0.4, 0.5) is 0 Å². The summed E-state index contributed by atoms with van der Waals surface area (Å²) >= 11 is 0. The molecule has 0 unspecified atom stereocenters. The maximum atomic E-state index is 12.8. The fraction of sp³-hybridized carbons (Fsp3) is 0.273. The van der Waals surface area contributed by atoms with Crippen LogP contribution in [-0.2, 0) is 13.2 Å². The second-order valence-corrected chi connectivity index (χ2v) is 6.41. The number of hydrogen-bond donors (Lipinski definition) is 0. The molecule has 0 aliphatic carbocycles. The van der Waals surface area contributed by atoms with Gasteiger partial charge in [0.1, 0.15) is 18.1 Å². The first-order valence-electron chi connectivity index (χ1n) is 9.16. The van der Waals surface area contributed by atoms with Crippen LogP contribution < -0.4 is 9.47 Å². The van der Waals surface area contributed by atoms with E-state index in [1.54, 1.807) is 42.5 Å². The number of carbonyl (C=O) groups excluding carboxylic acids is 1. The molecule has 0 aliphatic rings. The number of rotatable bonds is 8. The zero-order chi connectivity index (χ0) is 19.9. The second kappa shape index (κ2) is 9.08. The van der Waals surface area contributed by atoms with Crippen LogP contribution in [0.15, 0.2) is 59.3 Å². The van der Waals surface area contributed by atoms with Crippen molar-refractivity contribution in [3.63, 3.8) is 0 Å². The van der Waals surface area contributed by atoms with Gasteiger partial charge in [-0.25, -0.2) is 0 Å². The lowest BCUT2D eigenvalue weighted by molar-refractivity contribution is 0.0774. The van der Waals surface area contributed by atoms with E-state index in [2.05, 4.69) is 4.98 Å². The van der Waals surface area contributed by atoms with E-state index in [4.69, 9.17) is 13.9 Å². The summed E-state index contributed by atoms with van der Waals surface area (Å²) in [6.45, 7) is 5.05. The monoisotopic (exact) mass is 380 g/mol. The van der Waals surface area contributed by atoms with Crippen molar-refractivity contribution in [2.24, 2.45) is 0 Å². The highest BCUT2D eigenvalue weighted by atomic mass is 16.5. The molecule has 0 N–H and O–H groups in total. The van der Waals surface area contributed by atoms with Gasteiger partial charge in [-0.1, -0.05) is 0 Å². The Kier molecular flexibility index (Phi) is 6.32. The number of aryl methyl sites for hydroxylation is 1. The van der Waals surface area contributed by atoms with Crippen molar-refractivity contribution in [2.75, 3.05) is 13.7 Å². The van der Waals surface area contributed by atoms with Crippen LogP contribution in [0.5, 0.6) is 11.5 Å². The molecule has 6 nitrogen and oxygen atoms in total. The summed E-state index contributed by atoms with van der Waals surface area (Å²) in [6, 6.07) is 12.8. The lowest BCUT2D eigenvalue weighted by Crippen LogP contribution is -2.26. The third kappa shape index (κ3) is 4.91. The Hall–Kier alpha value is -3.28. The summed E-state index contributed by atoms with van der Waals surface area (Å²) in [5.41, 5.74) is 1.54. The molecule has 3 rings (SSSR count). The van der Waals surface area contributed by atoms with Crippen molar-refractivity contribution in [1.29, 1.82) is 0 Å². The van der Waals surface area contributed by atoms with E-state index >= 15 is 0 Å². The second-order valence-electron chi connectivity index (χ2n) is 6.41. The molecule has 3 aromatic rings. The van der Waals surface area contributed by atoms with Gasteiger partial charge >= 0.3 is 0 Å². The minimum absolute atomic E-state index is 0.115. The molecule has 0 aliphatic heterocycles. The van der Waals surface area contributed by atoms with Crippen molar-refractivity contribution in [1.82, 2.24) is 9.88 Å². The molecule has 0 saturated heterocycles. The van der Waals surface area contributed by atoms with Crippen LogP contribution in [0.25, 0.3) is 0 Å². The summed E-state index contributed by atoms with van der Waals surface area (Å²) < 4.78 is 17.1. The number of hydrogen-bond acceptors (Lipinski definition) is 5. The molecule has 0 fully saturated rings. The van der Waals surface area contributed by atoms with Gasteiger partial charge in [-0.15, -0.1) is 0 Å². The number of furan rings is 1. The maximum Gasteiger partial charge on any atom is 0.254 e. The van der Waals surface area contributed by atoms with E-state index in [-0.39, 0.29) is 5.91 Å². The SMILES string of the molecule is CCOc1cc(C(=O)N(C)Cc2ccc(C)o2)ccc1OCc1ccncc1. The van der Waals surface area contributed by atoms with Gasteiger partial charge in [0.05, 0.1) is 13.2 Å². The molecule has 6 heteroatoms. The number of ether oxygens (including phenoxy) is 2. The van der Waals surface area contributed by atoms with Gasteiger partial charge in [0.25, 0.3) is 5.91 Å². The van der Waals surface area contributed by atoms with E-state index in [1.165, 1.54) is 0 Å². The Morgan fingerprint density at radius 1 is 1.07 bits per heavy atom. The zero-order valence-electron chi connectivity index (χ0n) is 16.3. The van der Waals surface area contributed by atoms with E-state index in [0.717, 1.165) is 17.1 Å². The molecule has 1 amide bonds. The van der Waals surface area contributed by atoms with Crippen molar-refractivity contribution in [2.45, 2.75) is 27.0 Å². The Labute approximate surface area is 164 Å². The van der Waals surface area contributed by atoms with Crippen LogP contribution in [-0.4, -0.2) is 29.4 Å². The molecule has 28 heavy (non-hydrogen) atoms. The number of carbonyl (C=O) groups is 1. The quantitative estimate of drug-likeness (QED) is 0.585. The van der Waals surface area contributed by atoms with E-state index in [9.17, 15) is 4.79 Å². The molecular formula is C22H24N2O4. The van der Waals surface area contributed by atoms with Crippen LogP contribution >= 0.6 is 0 Å². The Bertz CT molecular complexity index is 921. The van der Waals surface area contributed by atoms with Crippen molar-refractivity contribution < 1.29 is 18.7 Å². The number of benzene rings is 1. The van der Waals surface area contributed by atoms with Gasteiger partial charge in [0.2, 0.25) is 0 Å². The summed E-state index contributed by atoms with van der Waals surface area (Å²) in [5.74, 6) is 2.60. The number of nitrogens with zero attached hydrogens (tertiary/aromatic N) is 2. The Morgan fingerprint density at radius 2 is 1.86 bits per heavy atom. The lowest BCUT2D eigenvalue weighted by Gasteiger charge is -2.18. The Balaban J connectivity index is 1.72. The number of amides is 1. The Morgan fingerprint density at radius 3 is 2.54 bits per heavy atom. The zero-order valence-corrected chi connectivity index (χ0v) is 16.3. The van der Waals surface area contributed by atoms with Crippen LogP contribution in [0, 0.1) is 6.92 Å². The average Bonchev–Trinajstić information content (AvgIpc) is 3.12. The predicted octanol–water partition coefficient (Wildman–Crippen LogP) is 4.23. The largest absolute Gasteiger partial charge is 0.490 e. The first-order valence-corrected chi connectivity index (χ1v) is 9.16. The van der Waals surface area contributed by atoms with Crippen molar-refractivity contribution >= 4 is 5.91 Å². The van der Waals surface area contributed by atoms with Gasteiger partial charge in [0.15, 0.2) is 11.5 Å². The van der Waals surface area contributed by atoms with Crippen molar-refractivity contribution in [3.8, 4) is 11.5 Å². The van der Waals surface area contributed by atoms with Gasteiger partial charge < -0.3 is 18.8 Å². The third-order valence-corrected chi connectivity index (χ3v) is 4.17.